The van der Waals surface area contributed by atoms with Crippen molar-refractivity contribution in [3.8, 4) is 0 Å². The number of benzene rings is 2. The quantitative estimate of drug-likeness (QED) is 0.492. The number of nitrogens with one attached hydrogen (secondary N) is 1. The van der Waals surface area contributed by atoms with Crippen LogP contribution in [0.3, 0.4) is 0 Å². The molecule has 1 saturated carbocycles. The molecule has 1 aliphatic rings. The van der Waals surface area contributed by atoms with E-state index in [0.717, 1.165) is 47.9 Å². The third kappa shape index (κ3) is 3.43. The molecule has 1 N–H and O–H groups in total. The fourth-order valence-electron chi connectivity index (χ4n) is 4.29. The minimum atomic E-state index is -3.71. The van der Waals surface area contributed by atoms with Gasteiger partial charge in [-0.05, 0) is 44.0 Å². The Hall–Kier alpha value is -2.93. The molecule has 7 heteroatoms. The summed E-state index contributed by atoms with van der Waals surface area (Å²) in [6.07, 6.45) is 5.51. The molecule has 2 aromatic carbocycles. The van der Waals surface area contributed by atoms with Gasteiger partial charge in [-0.1, -0.05) is 49.1 Å². The van der Waals surface area contributed by atoms with Gasteiger partial charge in [0.2, 0.25) is 0 Å². The molecule has 1 aliphatic carbocycles. The zero-order valence-corrected chi connectivity index (χ0v) is 17.7. The summed E-state index contributed by atoms with van der Waals surface area (Å²) in [7, 11) is -3.71. The number of anilines is 1. The van der Waals surface area contributed by atoms with E-state index in [1.807, 2.05) is 37.3 Å². The summed E-state index contributed by atoms with van der Waals surface area (Å²) in [6, 6.07) is 16.7. The number of aryl methyl sites for hydroxylation is 1. The van der Waals surface area contributed by atoms with E-state index in [-0.39, 0.29) is 10.9 Å². The number of aromatic nitrogens is 3. The van der Waals surface area contributed by atoms with Gasteiger partial charge in [-0.2, -0.15) is 0 Å². The Kier molecular flexibility index (Phi) is 4.70. The van der Waals surface area contributed by atoms with E-state index >= 15 is 0 Å². The summed E-state index contributed by atoms with van der Waals surface area (Å²) in [6.45, 7) is 1.94. The first kappa shape index (κ1) is 19.1. The number of rotatable bonds is 4. The molecular weight excluding hydrogens is 396 g/mol. The molecule has 0 atom stereocenters. The number of hydrogen-bond donors (Lipinski definition) is 1. The number of hydrogen-bond acceptors (Lipinski definition) is 4. The van der Waals surface area contributed by atoms with E-state index in [2.05, 4.69) is 9.29 Å². The van der Waals surface area contributed by atoms with E-state index in [1.165, 1.54) is 6.42 Å². The molecule has 1 fully saturated rings. The number of nitrogens with zero attached hydrogens (tertiary/aromatic N) is 3. The zero-order valence-electron chi connectivity index (χ0n) is 16.9. The van der Waals surface area contributed by atoms with E-state index < -0.39 is 10.0 Å². The fourth-order valence-corrected chi connectivity index (χ4v) is 5.34. The van der Waals surface area contributed by atoms with Crippen LogP contribution in [-0.4, -0.2) is 23.0 Å². The Bertz CT molecular complexity index is 1320. The molecule has 5 rings (SSSR count). The van der Waals surface area contributed by atoms with Crippen LogP contribution in [0, 0.1) is 6.92 Å². The SMILES string of the molecule is Cc1ccc(S(=O)(=O)Nc2cc3nc4ccccc4nc3n2C2CCCCC2)cc1. The summed E-state index contributed by atoms with van der Waals surface area (Å²) in [5.74, 6) is 0.535. The highest BCUT2D eigenvalue weighted by molar-refractivity contribution is 7.92. The molecule has 2 aromatic heterocycles. The maximum Gasteiger partial charge on any atom is 0.263 e. The molecule has 30 heavy (non-hydrogen) atoms. The van der Waals surface area contributed by atoms with Gasteiger partial charge in [0.15, 0.2) is 5.65 Å². The van der Waals surface area contributed by atoms with Gasteiger partial charge in [-0.3, -0.25) is 4.72 Å². The Morgan fingerprint density at radius 3 is 2.27 bits per heavy atom. The second-order valence-electron chi connectivity index (χ2n) is 8.03. The highest BCUT2D eigenvalue weighted by Gasteiger charge is 2.25. The topological polar surface area (TPSA) is 76.9 Å². The van der Waals surface area contributed by atoms with Gasteiger partial charge in [-0.15, -0.1) is 0 Å². The molecule has 0 amide bonds. The Balaban J connectivity index is 1.66. The molecule has 0 radical (unpaired) electrons. The molecule has 6 nitrogen and oxygen atoms in total. The first-order chi connectivity index (χ1) is 14.5. The minimum Gasteiger partial charge on any atom is -0.307 e. The standard InChI is InChI=1S/C23H24N4O2S/c1-16-11-13-18(14-12-16)30(28,29)26-22-15-21-23(27(22)17-7-3-2-4-8-17)25-20-10-6-5-9-19(20)24-21/h5-6,9-15,17,26H,2-4,7-8H2,1H3. The molecule has 0 saturated heterocycles. The first-order valence-electron chi connectivity index (χ1n) is 10.4. The Labute approximate surface area is 176 Å². The van der Waals surface area contributed by atoms with Crippen molar-refractivity contribution in [2.45, 2.75) is 50.0 Å². The van der Waals surface area contributed by atoms with Crippen molar-refractivity contribution in [2.75, 3.05) is 4.72 Å². The molecule has 154 valence electrons. The predicted molar refractivity (Wildman–Crippen MR) is 119 cm³/mol. The number of sulfonamides is 1. The van der Waals surface area contributed by atoms with Crippen molar-refractivity contribution in [1.82, 2.24) is 14.5 Å². The van der Waals surface area contributed by atoms with Crippen LogP contribution < -0.4 is 4.72 Å². The molecule has 0 spiro atoms. The monoisotopic (exact) mass is 420 g/mol. The Morgan fingerprint density at radius 2 is 1.57 bits per heavy atom. The first-order valence-corrected chi connectivity index (χ1v) is 11.9. The minimum absolute atomic E-state index is 0.211. The van der Waals surface area contributed by atoms with E-state index in [0.29, 0.717) is 11.3 Å². The lowest BCUT2D eigenvalue weighted by molar-refractivity contribution is 0.363. The van der Waals surface area contributed by atoms with Crippen molar-refractivity contribution >= 4 is 38.0 Å². The molecule has 0 bridgehead atoms. The summed E-state index contributed by atoms with van der Waals surface area (Å²) in [5, 5.41) is 0. The second-order valence-corrected chi connectivity index (χ2v) is 9.71. The molecule has 0 unspecified atom stereocenters. The summed E-state index contributed by atoms with van der Waals surface area (Å²) >= 11 is 0. The average molecular weight is 421 g/mol. The normalized spacial score (nSPS) is 15.6. The van der Waals surface area contributed by atoms with Gasteiger partial charge in [0.1, 0.15) is 11.3 Å². The van der Waals surface area contributed by atoms with Gasteiger partial charge in [0, 0.05) is 12.1 Å². The van der Waals surface area contributed by atoms with E-state index in [1.54, 1.807) is 24.3 Å². The van der Waals surface area contributed by atoms with E-state index in [4.69, 9.17) is 9.97 Å². The van der Waals surface area contributed by atoms with Gasteiger partial charge in [-0.25, -0.2) is 18.4 Å². The lowest BCUT2D eigenvalue weighted by Crippen LogP contribution is -2.20. The molecular formula is C23H24N4O2S. The molecule has 2 heterocycles. The van der Waals surface area contributed by atoms with Crippen molar-refractivity contribution in [2.24, 2.45) is 0 Å². The lowest BCUT2D eigenvalue weighted by atomic mass is 9.95. The van der Waals surface area contributed by atoms with Crippen LogP contribution in [0.2, 0.25) is 0 Å². The van der Waals surface area contributed by atoms with Crippen LogP contribution in [0.4, 0.5) is 5.82 Å². The summed E-state index contributed by atoms with van der Waals surface area (Å²) < 4.78 is 31.1. The van der Waals surface area contributed by atoms with Gasteiger partial charge in [0.25, 0.3) is 10.0 Å². The lowest BCUT2D eigenvalue weighted by Gasteiger charge is -2.26. The third-order valence-electron chi connectivity index (χ3n) is 5.85. The number of fused-ring (bicyclic) bond motifs is 2. The smallest absolute Gasteiger partial charge is 0.263 e. The van der Waals surface area contributed by atoms with E-state index in [9.17, 15) is 8.42 Å². The van der Waals surface area contributed by atoms with Crippen LogP contribution >= 0.6 is 0 Å². The van der Waals surface area contributed by atoms with Crippen molar-refractivity contribution in [1.29, 1.82) is 0 Å². The fraction of sp³-hybridized carbons (Fsp3) is 0.304. The predicted octanol–water partition coefficient (Wildman–Crippen LogP) is 5.20. The highest BCUT2D eigenvalue weighted by Crippen LogP contribution is 2.36. The number of para-hydroxylation sites is 2. The van der Waals surface area contributed by atoms with Crippen molar-refractivity contribution in [3.05, 3.63) is 60.2 Å². The summed E-state index contributed by atoms with van der Waals surface area (Å²) in [5.41, 5.74) is 4.08. The van der Waals surface area contributed by atoms with Crippen molar-refractivity contribution in [3.63, 3.8) is 0 Å². The highest BCUT2D eigenvalue weighted by atomic mass is 32.2. The largest absolute Gasteiger partial charge is 0.307 e. The molecule has 0 aliphatic heterocycles. The van der Waals surface area contributed by atoms with Gasteiger partial charge < -0.3 is 4.57 Å². The van der Waals surface area contributed by atoms with Crippen LogP contribution in [-0.2, 0) is 10.0 Å². The summed E-state index contributed by atoms with van der Waals surface area (Å²) in [4.78, 5) is 9.85. The Morgan fingerprint density at radius 1 is 0.900 bits per heavy atom. The van der Waals surface area contributed by atoms with Crippen LogP contribution in [0.5, 0.6) is 0 Å². The van der Waals surface area contributed by atoms with Crippen molar-refractivity contribution < 1.29 is 8.42 Å². The average Bonchev–Trinajstić information content (AvgIpc) is 3.08. The second kappa shape index (κ2) is 7.40. The van der Waals surface area contributed by atoms with Gasteiger partial charge >= 0.3 is 0 Å². The van der Waals surface area contributed by atoms with Crippen LogP contribution in [0.15, 0.2) is 59.5 Å². The van der Waals surface area contributed by atoms with Crippen LogP contribution in [0.1, 0.15) is 43.7 Å². The maximum absolute atomic E-state index is 13.1. The molecule has 4 aromatic rings. The maximum atomic E-state index is 13.1. The van der Waals surface area contributed by atoms with Crippen LogP contribution in [0.25, 0.3) is 22.2 Å². The zero-order chi connectivity index (χ0) is 20.7. The van der Waals surface area contributed by atoms with Gasteiger partial charge in [0.05, 0.1) is 15.9 Å². The third-order valence-corrected chi connectivity index (χ3v) is 7.22.